The number of pyridine rings is 1. The molecular weight excluding hydrogens is 498 g/mol. The Hall–Kier alpha value is -4.37. The quantitative estimate of drug-likeness (QED) is 0.300. The van der Waals surface area contributed by atoms with E-state index >= 15 is 0 Å². The fourth-order valence-corrected chi connectivity index (χ4v) is 5.11. The van der Waals surface area contributed by atoms with Crippen molar-refractivity contribution in [3.05, 3.63) is 103 Å². The topological polar surface area (TPSA) is 80.7 Å². The van der Waals surface area contributed by atoms with Crippen LogP contribution in [0, 0.1) is 0 Å². The largest absolute Gasteiger partial charge is 0.497 e. The smallest absolute Gasteiger partial charge is 0.226 e. The van der Waals surface area contributed by atoms with Crippen LogP contribution in [0.4, 0.5) is 5.69 Å². The van der Waals surface area contributed by atoms with Crippen LogP contribution in [0.5, 0.6) is 11.5 Å². The van der Waals surface area contributed by atoms with Crippen molar-refractivity contribution in [2.45, 2.75) is 18.5 Å². The molecule has 2 N–H and O–H groups in total. The summed E-state index contributed by atoms with van der Waals surface area (Å²) < 4.78 is 12.9. The lowest BCUT2D eigenvalue weighted by Gasteiger charge is -2.29. The number of ether oxygens (including phenoxy) is 2. The number of amides is 1. The van der Waals surface area contributed by atoms with Gasteiger partial charge in [0.2, 0.25) is 5.91 Å². The number of carbonyl (C=O) groups is 1. The summed E-state index contributed by atoms with van der Waals surface area (Å²) in [6.45, 7) is 0.421. The van der Waals surface area contributed by atoms with Gasteiger partial charge < -0.3 is 29.6 Å². The zero-order valence-electron chi connectivity index (χ0n) is 21.2. The molecule has 0 bridgehead atoms. The fourth-order valence-electron chi connectivity index (χ4n) is 4.78. The van der Waals surface area contributed by atoms with E-state index in [2.05, 4.69) is 31.2 Å². The van der Waals surface area contributed by atoms with E-state index < -0.39 is 0 Å². The normalized spacial score (nSPS) is 16.7. The van der Waals surface area contributed by atoms with Crippen LogP contribution in [-0.2, 0) is 4.79 Å². The molecule has 1 saturated heterocycles. The summed E-state index contributed by atoms with van der Waals surface area (Å²) in [6, 6.07) is 24.8. The minimum absolute atomic E-state index is 0.125. The number of hydrogen-bond donors (Lipinski definition) is 2. The maximum Gasteiger partial charge on any atom is 0.226 e. The summed E-state index contributed by atoms with van der Waals surface area (Å²) in [5.41, 5.74) is 3.50. The van der Waals surface area contributed by atoms with Crippen LogP contribution >= 0.6 is 12.2 Å². The molecule has 2 aromatic carbocycles. The van der Waals surface area contributed by atoms with E-state index in [0.29, 0.717) is 23.1 Å². The number of anilines is 1. The minimum atomic E-state index is -0.197. The summed E-state index contributed by atoms with van der Waals surface area (Å²) in [5, 5.41) is 6.99. The predicted molar refractivity (Wildman–Crippen MR) is 151 cm³/mol. The van der Waals surface area contributed by atoms with Crippen LogP contribution in [0.25, 0.3) is 5.69 Å². The maximum absolute atomic E-state index is 13.0. The molecule has 2 atom stereocenters. The van der Waals surface area contributed by atoms with Crippen LogP contribution in [0.1, 0.15) is 29.9 Å². The fraction of sp³-hybridized carbons (Fsp3) is 0.207. The average molecular weight is 528 g/mol. The Morgan fingerprint density at radius 1 is 1.03 bits per heavy atom. The third-order valence-electron chi connectivity index (χ3n) is 6.57. The van der Waals surface area contributed by atoms with Gasteiger partial charge in [0.05, 0.1) is 37.7 Å². The van der Waals surface area contributed by atoms with Gasteiger partial charge in [-0.15, -0.1) is 0 Å². The molecule has 1 amide bonds. The van der Waals surface area contributed by atoms with Crippen molar-refractivity contribution in [3.63, 3.8) is 0 Å². The summed E-state index contributed by atoms with van der Waals surface area (Å²) in [6.07, 6.45) is 4.04. The van der Waals surface area contributed by atoms with E-state index in [-0.39, 0.29) is 24.4 Å². The molecule has 3 heterocycles. The molecule has 4 aromatic rings. The molecule has 0 aliphatic carbocycles. The highest BCUT2D eigenvalue weighted by Crippen LogP contribution is 2.40. The van der Waals surface area contributed by atoms with Gasteiger partial charge in [-0.3, -0.25) is 9.78 Å². The number of benzene rings is 2. The van der Waals surface area contributed by atoms with E-state index in [1.165, 1.54) is 0 Å². The van der Waals surface area contributed by atoms with Crippen LogP contribution in [-0.4, -0.2) is 46.2 Å². The molecule has 0 saturated carbocycles. The van der Waals surface area contributed by atoms with E-state index in [0.717, 1.165) is 22.8 Å². The van der Waals surface area contributed by atoms with Crippen molar-refractivity contribution in [1.29, 1.82) is 0 Å². The number of thiocarbonyl (C=S) groups is 1. The van der Waals surface area contributed by atoms with Crippen LogP contribution < -0.4 is 20.1 Å². The minimum Gasteiger partial charge on any atom is -0.497 e. The standard InChI is InChI=1S/C29H29N5O3S/c1-36-21-10-7-9-20(19-21)33-17-8-13-24(33)28-27(23-12-5-6-16-30-23)32-29(38)34(28)18-15-26(35)31-22-11-3-4-14-25(22)37-2/h3-14,16-17,19,27-28H,15,18H2,1-2H3,(H,31,35)(H,32,38)/t27-,28-/m1/s1. The first-order valence-electron chi connectivity index (χ1n) is 12.3. The highest BCUT2D eigenvalue weighted by Gasteiger charge is 2.41. The zero-order chi connectivity index (χ0) is 26.5. The van der Waals surface area contributed by atoms with Crippen molar-refractivity contribution in [3.8, 4) is 17.2 Å². The average Bonchev–Trinajstić information content (AvgIpc) is 3.57. The Kier molecular flexibility index (Phi) is 7.55. The summed E-state index contributed by atoms with van der Waals surface area (Å²) >= 11 is 5.80. The molecule has 1 fully saturated rings. The SMILES string of the molecule is COc1cccc(-n2cccc2[C@@H]2[C@@H](c3ccccn3)NC(=S)N2CCC(=O)Nc2ccccc2OC)c1. The molecule has 1 aliphatic heterocycles. The number of methoxy groups -OCH3 is 2. The second kappa shape index (κ2) is 11.4. The van der Waals surface area contributed by atoms with Crippen molar-refractivity contribution in [2.75, 3.05) is 26.1 Å². The molecule has 5 rings (SSSR count). The second-order valence-electron chi connectivity index (χ2n) is 8.82. The van der Waals surface area contributed by atoms with Crippen molar-refractivity contribution in [1.82, 2.24) is 19.8 Å². The molecule has 0 spiro atoms. The maximum atomic E-state index is 13.0. The predicted octanol–water partition coefficient (Wildman–Crippen LogP) is 4.89. The van der Waals surface area contributed by atoms with Crippen molar-refractivity contribution in [2.24, 2.45) is 0 Å². The van der Waals surface area contributed by atoms with Gasteiger partial charge in [0.25, 0.3) is 0 Å². The van der Waals surface area contributed by atoms with Gasteiger partial charge in [0.15, 0.2) is 5.11 Å². The van der Waals surface area contributed by atoms with Gasteiger partial charge in [-0.1, -0.05) is 24.3 Å². The Morgan fingerprint density at radius 2 is 1.87 bits per heavy atom. The Bertz CT molecular complexity index is 1420. The van der Waals surface area contributed by atoms with Crippen molar-refractivity contribution < 1.29 is 14.3 Å². The van der Waals surface area contributed by atoms with Crippen LogP contribution in [0.2, 0.25) is 0 Å². The number of para-hydroxylation sites is 2. The molecule has 0 unspecified atom stereocenters. The number of aromatic nitrogens is 2. The number of nitrogens with one attached hydrogen (secondary N) is 2. The van der Waals surface area contributed by atoms with E-state index in [1.54, 1.807) is 20.4 Å². The molecule has 38 heavy (non-hydrogen) atoms. The van der Waals surface area contributed by atoms with Gasteiger partial charge in [0, 0.05) is 42.8 Å². The lowest BCUT2D eigenvalue weighted by molar-refractivity contribution is -0.116. The van der Waals surface area contributed by atoms with Gasteiger partial charge in [-0.2, -0.15) is 0 Å². The number of rotatable bonds is 9. The Balaban J connectivity index is 1.44. The number of carbonyl (C=O) groups excluding carboxylic acids is 1. The number of nitrogens with zero attached hydrogens (tertiary/aromatic N) is 3. The lowest BCUT2D eigenvalue weighted by Crippen LogP contribution is -2.33. The van der Waals surface area contributed by atoms with Gasteiger partial charge in [0.1, 0.15) is 11.5 Å². The first-order chi connectivity index (χ1) is 18.6. The van der Waals surface area contributed by atoms with E-state index in [9.17, 15) is 4.79 Å². The molecule has 2 aromatic heterocycles. The highest BCUT2D eigenvalue weighted by molar-refractivity contribution is 7.80. The zero-order valence-corrected chi connectivity index (χ0v) is 22.0. The monoisotopic (exact) mass is 527 g/mol. The van der Waals surface area contributed by atoms with Crippen LogP contribution in [0.3, 0.4) is 0 Å². The van der Waals surface area contributed by atoms with Crippen molar-refractivity contribution >= 4 is 28.9 Å². The second-order valence-corrected chi connectivity index (χ2v) is 9.21. The van der Waals surface area contributed by atoms with E-state index in [1.807, 2.05) is 79.0 Å². The summed E-state index contributed by atoms with van der Waals surface area (Å²) in [4.78, 5) is 19.6. The molecule has 0 radical (unpaired) electrons. The molecule has 9 heteroatoms. The highest BCUT2D eigenvalue weighted by atomic mass is 32.1. The molecule has 194 valence electrons. The lowest BCUT2D eigenvalue weighted by atomic mass is 10.0. The third kappa shape index (κ3) is 5.19. The van der Waals surface area contributed by atoms with Gasteiger partial charge >= 0.3 is 0 Å². The Labute approximate surface area is 227 Å². The third-order valence-corrected chi connectivity index (χ3v) is 6.93. The molecular formula is C29H29N5O3S. The first-order valence-corrected chi connectivity index (χ1v) is 12.7. The summed E-state index contributed by atoms with van der Waals surface area (Å²) in [5.74, 6) is 1.26. The van der Waals surface area contributed by atoms with Crippen LogP contribution in [0.15, 0.2) is 91.3 Å². The molecule has 1 aliphatic rings. The van der Waals surface area contributed by atoms with Gasteiger partial charge in [-0.05, 0) is 60.7 Å². The van der Waals surface area contributed by atoms with E-state index in [4.69, 9.17) is 21.7 Å². The van der Waals surface area contributed by atoms with Gasteiger partial charge in [-0.25, -0.2) is 0 Å². The Morgan fingerprint density at radius 3 is 2.66 bits per heavy atom. The molecule has 8 nitrogen and oxygen atoms in total. The number of hydrogen-bond acceptors (Lipinski definition) is 5. The summed E-state index contributed by atoms with van der Waals surface area (Å²) in [7, 11) is 3.24. The first kappa shape index (κ1) is 25.3.